The Morgan fingerprint density at radius 1 is 0.812 bits per heavy atom. The van der Waals surface area contributed by atoms with E-state index in [0.29, 0.717) is 25.3 Å². The summed E-state index contributed by atoms with van der Waals surface area (Å²) in [6, 6.07) is 33.9. The van der Waals surface area contributed by atoms with Gasteiger partial charge in [0, 0.05) is 56.1 Å². The van der Waals surface area contributed by atoms with Crippen molar-refractivity contribution in [2.24, 2.45) is 5.92 Å². The molecule has 3 saturated heterocycles. The molecule has 0 aromatic heterocycles. The van der Waals surface area contributed by atoms with Gasteiger partial charge in [0.25, 0.3) is 5.91 Å². The van der Waals surface area contributed by atoms with Crippen LogP contribution >= 0.6 is 0 Å². The van der Waals surface area contributed by atoms with Crippen LogP contribution < -0.4 is 5.32 Å². The van der Waals surface area contributed by atoms with E-state index in [9.17, 15) is 9.90 Å². The van der Waals surface area contributed by atoms with Gasteiger partial charge in [0.1, 0.15) is 0 Å². The first kappa shape index (κ1) is 32.6. The Bertz CT molecular complexity index is 1650. The van der Waals surface area contributed by atoms with Crippen LogP contribution in [0.5, 0.6) is 0 Å². The number of nitrogens with zero attached hydrogens (tertiary/aromatic N) is 1. The summed E-state index contributed by atoms with van der Waals surface area (Å²) in [6.45, 7) is 6.62. The first-order valence-electron chi connectivity index (χ1n) is 17.0. The molecule has 0 bridgehead atoms. The van der Waals surface area contributed by atoms with E-state index in [1.807, 2.05) is 54.6 Å². The molecule has 8 nitrogen and oxygen atoms in total. The molecule has 48 heavy (non-hydrogen) atoms. The van der Waals surface area contributed by atoms with E-state index in [4.69, 9.17) is 18.9 Å². The second-order valence-corrected chi connectivity index (χ2v) is 13.1. The zero-order valence-corrected chi connectivity index (χ0v) is 27.4. The van der Waals surface area contributed by atoms with Gasteiger partial charge in [-0.1, -0.05) is 91.9 Å². The second kappa shape index (κ2) is 14.7. The number of hydrogen-bond acceptors (Lipinski definition) is 7. The van der Waals surface area contributed by atoms with Crippen LogP contribution in [-0.2, 0) is 32.1 Å². The van der Waals surface area contributed by atoms with Crippen molar-refractivity contribution >= 4 is 5.91 Å². The van der Waals surface area contributed by atoms with E-state index < -0.39 is 12.1 Å². The lowest BCUT2D eigenvalue weighted by molar-refractivity contribution is -0.278. The predicted octanol–water partition coefficient (Wildman–Crippen LogP) is 6.41. The van der Waals surface area contributed by atoms with Crippen LogP contribution in [0.25, 0.3) is 11.1 Å². The SMILES string of the molecule is CC1C(CN2CCC3(CC2)OCCO3)OC(c2ccc(-c3cccc(CNC(=O)c4ccccc4)c3)cc2)OC1c1ccc(CO)cc1. The van der Waals surface area contributed by atoms with Gasteiger partial charge in [-0.2, -0.15) is 0 Å². The summed E-state index contributed by atoms with van der Waals surface area (Å²) in [4.78, 5) is 15.0. The van der Waals surface area contributed by atoms with Crippen LogP contribution in [0.15, 0.2) is 103 Å². The van der Waals surface area contributed by atoms with Crippen molar-refractivity contribution in [3.8, 4) is 11.1 Å². The maximum Gasteiger partial charge on any atom is 0.251 e. The molecule has 4 aromatic rings. The molecule has 0 aliphatic carbocycles. The molecule has 0 radical (unpaired) electrons. The fourth-order valence-electron chi connectivity index (χ4n) is 7.01. The minimum Gasteiger partial charge on any atom is -0.392 e. The summed E-state index contributed by atoms with van der Waals surface area (Å²) < 4.78 is 25.4. The highest BCUT2D eigenvalue weighted by Gasteiger charge is 2.43. The van der Waals surface area contributed by atoms with Crippen LogP contribution in [0.3, 0.4) is 0 Å². The van der Waals surface area contributed by atoms with E-state index in [2.05, 4.69) is 65.7 Å². The van der Waals surface area contributed by atoms with Gasteiger partial charge in [-0.3, -0.25) is 4.79 Å². The van der Waals surface area contributed by atoms with E-state index in [1.165, 1.54) is 0 Å². The van der Waals surface area contributed by atoms with Gasteiger partial charge in [-0.15, -0.1) is 0 Å². The summed E-state index contributed by atoms with van der Waals surface area (Å²) in [5, 5.41) is 12.6. The number of nitrogens with one attached hydrogen (secondary N) is 1. The number of aliphatic hydroxyl groups is 1. The topological polar surface area (TPSA) is 89.5 Å². The summed E-state index contributed by atoms with van der Waals surface area (Å²) in [5.74, 6) is -0.384. The first-order valence-corrected chi connectivity index (χ1v) is 17.0. The molecule has 3 heterocycles. The summed E-state index contributed by atoms with van der Waals surface area (Å²) in [5.41, 5.74) is 6.75. The minimum absolute atomic E-state index is 0.0111. The largest absolute Gasteiger partial charge is 0.392 e. The van der Waals surface area contributed by atoms with Gasteiger partial charge in [0.2, 0.25) is 0 Å². The number of rotatable bonds is 9. The van der Waals surface area contributed by atoms with Crippen molar-refractivity contribution in [2.45, 2.75) is 57.2 Å². The third-order valence-electron chi connectivity index (χ3n) is 9.93. The van der Waals surface area contributed by atoms with Crippen LogP contribution in [0.1, 0.15) is 64.8 Å². The Hall–Kier alpha value is -3.89. The van der Waals surface area contributed by atoms with Crippen LogP contribution in [0.2, 0.25) is 0 Å². The number of likely N-dealkylation sites (tertiary alicyclic amines) is 1. The Labute approximate surface area is 282 Å². The maximum absolute atomic E-state index is 12.6. The lowest BCUT2D eigenvalue weighted by atomic mass is 9.89. The molecule has 1 amide bonds. The molecule has 4 aromatic carbocycles. The number of aliphatic hydroxyl groups excluding tert-OH is 1. The number of carbonyl (C=O) groups is 1. The van der Waals surface area contributed by atoms with Crippen molar-refractivity contribution in [3.63, 3.8) is 0 Å². The van der Waals surface area contributed by atoms with E-state index >= 15 is 0 Å². The number of ether oxygens (including phenoxy) is 4. The predicted molar refractivity (Wildman–Crippen MR) is 183 cm³/mol. The molecule has 3 fully saturated rings. The molecule has 3 aliphatic heterocycles. The maximum atomic E-state index is 12.6. The Morgan fingerprint density at radius 2 is 1.52 bits per heavy atom. The van der Waals surface area contributed by atoms with Gasteiger partial charge in [0.05, 0.1) is 32.0 Å². The summed E-state index contributed by atoms with van der Waals surface area (Å²) >= 11 is 0. The first-order chi connectivity index (χ1) is 23.5. The molecule has 8 heteroatoms. The second-order valence-electron chi connectivity index (χ2n) is 13.1. The number of hydrogen-bond donors (Lipinski definition) is 2. The normalized spacial score (nSPS) is 24.0. The van der Waals surface area contributed by atoms with E-state index in [0.717, 1.165) is 65.9 Å². The fourth-order valence-corrected chi connectivity index (χ4v) is 7.01. The molecular weight excluding hydrogens is 604 g/mol. The highest BCUT2D eigenvalue weighted by atomic mass is 16.7. The van der Waals surface area contributed by atoms with Crippen molar-refractivity contribution in [2.75, 3.05) is 32.8 Å². The van der Waals surface area contributed by atoms with Crippen LogP contribution in [0, 0.1) is 5.92 Å². The Morgan fingerprint density at radius 3 is 2.23 bits per heavy atom. The average molecular weight is 649 g/mol. The molecule has 4 atom stereocenters. The molecule has 250 valence electrons. The van der Waals surface area contributed by atoms with Crippen molar-refractivity contribution in [1.82, 2.24) is 10.2 Å². The van der Waals surface area contributed by atoms with E-state index in [1.54, 1.807) is 0 Å². The third-order valence-corrected chi connectivity index (χ3v) is 9.93. The molecule has 2 N–H and O–H groups in total. The van der Waals surface area contributed by atoms with Gasteiger partial charge in [-0.25, -0.2) is 0 Å². The van der Waals surface area contributed by atoms with Crippen molar-refractivity contribution in [3.05, 3.63) is 131 Å². The lowest BCUT2D eigenvalue weighted by Crippen LogP contribution is -2.50. The van der Waals surface area contributed by atoms with Crippen LogP contribution in [0.4, 0.5) is 0 Å². The number of benzene rings is 4. The number of carbonyl (C=O) groups excluding carboxylic acids is 1. The van der Waals surface area contributed by atoms with Crippen molar-refractivity contribution in [1.29, 1.82) is 0 Å². The fraction of sp³-hybridized carbons (Fsp3) is 0.375. The Balaban J connectivity index is 1.06. The lowest BCUT2D eigenvalue weighted by Gasteiger charge is -2.44. The van der Waals surface area contributed by atoms with Crippen molar-refractivity contribution < 1.29 is 28.8 Å². The average Bonchev–Trinajstić information content (AvgIpc) is 3.61. The highest BCUT2D eigenvalue weighted by Crippen LogP contribution is 2.43. The molecule has 0 saturated carbocycles. The van der Waals surface area contributed by atoms with E-state index in [-0.39, 0.29) is 30.6 Å². The third kappa shape index (κ3) is 7.39. The van der Waals surface area contributed by atoms with Crippen LogP contribution in [-0.4, -0.2) is 60.7 Å². The molecular formula is C40H44N2O6. The van der Waals surface area contributed by atoms with Gasteiger partial charge >= 0.3 is 0 Å². The zero-order valence-electron chi connectivity index (χ0n) is 27.4. The minimum atomic E-state index is -0.528. The number of piperidine rings is 1. The smallest absolute Gasteiger partial charge is 0.251 e. The molecule has 3 aliphatic rings. The standard InChI is InChI=1S/C40H44N2O6/c1-28-36(26-42-20-18-40(19-21-42)45-22-23-46-40)47-39(48-37(28)32-12-10-29(27-43)11-13-32)34-16-14-31(15-17-34)35-9-5-6-30(24-35)25-41-38(44)33-7-3-2-4-8-33/h2-17,24,28,36-37,39,43H,18-23,25-27H2,1H3,(H,41,44). The van der Waals surface area contributed by atoms with Gasteiger partial charge < -0.3 is 34.3 Å². The molecule has 4 unspecified atom stereocenters. The summed E-state index contributed by atoms with van der Waals surface area (Å²) in [6.07, 6.45) is 0.985. The molecule has 1 spiro atoms. The summed E-state index contributed by atoms with van der Waals surface area (Å²) in [7, 11) is 0. The number of amides is 1. The Kier molecular flexibility index (Phi) is 10.00. The van der Waals surface area contributed by atoms with Gasteiger partial charge in [0.15, 0.2) is 12.1 Å². The monoisotopic (exact) mass is 648 g/mol. The molecule has 7 rings (SSSR count). The van der Waals surface area contributed by atoms with Gasteiger partial charge in [-0.05, 0) is 46.0 Å². The zero-order chi connectivity index (χ0) is 32.9. The quantitative estimate of drug-likeness (QED) is 0.217. The highest BCUT2D eigenvalue weighted by molar-refractivity contribution is 5.94.